The largest absolute Gasteiger partial charge is 0.454 e. The van der Waals surface area contributed by atoms with Crippen LogP contribution < -0.4 is 0 Å². The van der Waals surface area contributed by atoms with Gasteiger partial charge in [0.1, 0.15) is 6.10 Å². The van der Waals surface area contributed by atoms with Gasteiger partial charge in [-0.25, -0.2) is 4.79 Å². The Morgan fingerprint density at radius 3 is 2.88 bits per heavy atom. The zero-order valence-corrected chi connectivity index (χ0v) is 11.1. The molecule has 3 rings (SSSR count). The van der Waals surface area contributed by atoms with E-state index in [1.807, 2.05) is 6.92 Å². The third-order valence-corrected chi connectivity index (χ3v) is 5.74. The highest BCUT2D eigenvalue weighted by Crippen LogP contribution is 2.56. The Balaban J connectivity index is 1.95. The summed E-state index contributed by atoms with van der Waals surface area (Å²) in [7, 11) is 0. The maximum atomic E-state index is 11.7. The first-order chi connectivity index (χ1) is 8.02. The van der Waals surface area contributed by atoms with Crippen LogP contribution >= 0.6 is 0 Å². The average molecular weight is 234 g/mol. The molecule has 3 aliphatic rings. The smallest absolute Gasteiger partial charge is 0.334 e. The van der Waals surface area contributed by atoms with Gasteiger partial charge in [0.25, 0.3) is 0 Å². The molecule has 4 atom stereocenters. The Bertz CT molecular complexity index is 396. The van der Waals surface area contributed by atoms with Crippen LogP contribution in [-0.2, 0) is 9.53 Å². The van der Waals surface area contributed by atoms with E-state index in [9.17, 15) is 4.79 Å². The maximum absolute atomic E-state index is 11.7. The quantitative estimate of drug-likeness (QED) is 0.600. The lowest BCUT2D eigenvalue weighted by atomic mass is 9.54. The molecular weight excluding hydrogens is 212 g/mol. The van der Waals surface area contributed by atoms with Crippen molar-refractivity contribution in [2.24, 2.45) is 17.3 Å². The molecule has 0 aromatic carbocycles. The van der Waals surface area contributed by atoms with Crippen LogP contribution in [0.2, 0.25) is 0 Å². The van der Waals surface area contributed by atoms with Crippen molar-refractivity contribution < 1.29 is 9.53 Å². The molecule has 2 aliphatic carbocycles. The number of fused-ring (bicyclic) bond motifs is 2. The Morgan fingerprint density at radius 1 is 1.35 bits per heavy atom. The summed E-state index contributed by atoms with van der Waals surface area (Å²) in [5.74, 6) is 1.46. The first-order valence-electron chi connectivity index (χ1n) is 6.93. The summed E-state index contributed by atoms with van der Waals surface area (Å²) in [4.78, 5) is 11.7. The zero-order valence-electron chi connectivity index (χ0n) is 11.1. The van der Waals surface area contributed by atoms with Gasteiger partial charge in [-0.05, 0) is 49.0 Å². The first-order valence-corrected chi connectivity index (χ1v) is 6.93. The molecular formula is C15H22O2. The predicted octanol–water partition coefficient (Wildman–Crippen LogP) is 3.46. The normalized spacial score (nSPS) is 45.4. The van der Waals surface area contributed by atoms with Gasteiger partial charge in [0, 0.05) is 5.57 Å². The summed E-state index contributed by atoms with van der Waals surface area (Å²) in [5.41, 5.74) is 2.61. The highest BCUT2D eigenvalue weighted by molar-refractivity contribution is 5.91. The minimum absolute atomic E-state index is 0.0695. The van der Waals surface area contributed by atoms with Gasteiger partial charge >= 0.3 is 5.97 Å². The molecule has 2 fully saturated rings. The van der Waals surface area contributed by atoms with Crippen LogP contribution in [0.5, 0.6) is 0 Å². The third kappa shape index (κ3) is 1.49. The molecule has 0 aromatic rings. The topological polar surface area (TPSA) is 26.3 Å². The molecule has 1 aliphatic heterocycles. The van der Waals surface area contributed by atoms with E-state index in [0.717, 1.165) is 30.3 Å². The van der Waals surface area contributed by atoms with Crippen LogP contribution in [0.4, 0.5) is 0 Å². The summed E-state index contributed by atoms with van der Waals surface area (Å²) in [6.07, 6.45) is 6.28. The van der Waals surface area contributed by atoms with Crippen LogP contribution in [0.3, 0.4) is 0 Å². The van der Waals surface area contributed by atoms with Crippen LogP contribution in [0, 0.1) is 17.3 Å². The molecule has 1 heterocycles. The van der Waals surface area contributed by atoms with Crippen LogP contribution in [-0.4, -0.2) is 12.1 Å². The Morgan fingerprint density at radius 2 is 2.12 bits per heavy atom. The van der Waals surface area contributed by atoms with Crippen molar-refractivity contribution in [2.45, 2.75) is 59.0 Å². The molecule has 0 radical (unpaired) electrons. The Labute approximate surface area is 103 Å². The average Bonchev–Trinajstić information content (AvgIpc) is 2.55. The number of hydrogen-bond acceptors (Lipinski definition) is 2. The summed E-state index contributed by atoms with van der Waals surface area (Å²) in [6, 6.07) is 0. The van der Waals surface area contributed by atoms with E-state index in [4.69, 9.17) is 4.74 Å². The van der Waals surface area contributed by atoms with Crippen LogP contribution in [0.15, 0.2) is 11.1 Å². The summed E-state index contributed by atoms with van der Waals surface area (Å²) < 4.78 is 5.49. The van der Waals surface area contributed by atoms with Gasteiger partial charge in [0.15, 0.2) is 0 Å². The van der Waals surface area contributed by atoms with E-state index >= 15 is 0 Å². The number of carbonyl (C=O) groups is 1. The van der Waals surface area contributed by atoms with Crippen molar-refractivity contribution in [3.05, 3.63) is 11.1 Å². The number of rotatable bonds is 0. The van der Waals surface area contributed by atoms with Gasteiger partial charge in [0.2, 0.25) is 0 Å². The molecule has 0 bridgehead atoms. The molecule has 0 unspecified atom stereocenters. The molecule has 17 heavy (non-hydrogen) atoms. The van der Waals surface area contributed by atoms with Crippen LogP contribution in [0.1, 0.15) is 52.9 Å². The van der Waals surface area contributed by atoms with Crippen molar-refractivity contribution in [3.63, 3.8) is 0 Å². The number of hydrogen-bond donors (Lipinski definition) is 0. The Hall–Kier alpha value is -0.790. The lowest BCUT2D eigenvalue weighted by molar-refractivity contribution is -0.142. The second-order valence-electron chi connectivity index (χ2n) is 6.49. The van der Waals surface area contributed by atoms with E-state index in [1.165, 1.54) is 24.8 Å². The number of ether oxygens (including phenoxy) is 1. The molecule has 94 valence electrons. The van der Waals surface area contributed by atoms with Gasteiger partial charge < -0.3 is 4.74 Å². The molecule has 0 saturated heterocycles. The summed E-state index contributed by atoms with van der Waals surface area (Å²) in [6.45, 7) is 6.76. The van der Waals surface area contributed by atoms with Crippen molar-refractivity contribution in [1.82, 2.24) is 0 Å². The van der Waals surface area contributed by atoms with Gasteiger partial charge in [0.05, 0.1) is 0 Å². The summed E-state index contributed by atoms with van der Waals surface area (Å²) >= 11 is 0. The van der Waals surface area contributed by atoms with Crippen molar-refractivity contribution in [2.75, 3.05) is 0 Å². The lowest BCUT2D eigenvalue weighted by Crippen LogP contribution is -2.44. The second-order valence-corrected chi connectivity index (χ2v) is 6.49. The maximum Gasteiger partial charge on any atom is 0.334 e. The third-order valence-electron chi connectivity index (χ3n) is 5.74. The fourth-order valence-corrected chi connectivity index (χ4v) is 4.20. The van der Waals surface area contributed by atoms with Crippen LogP contribution in [0.25, 0.3) is 0 Å². The Kier molecular flexibility index (Phi) is 2.39. The molecule has 2 heteroatoms. The number of carbonyl (C=O) groups excluding carboxylic acids is 1. The molecule has 0 amide bonds. The van der Waals surface area contributed by atoms with Crippen molar-refractivity contribution in [3.8, 4) is 0 Å². The van der Waals surface area contributed by atoms with Gasteiger partial charge in [-0.15, -0.1) is 0 Å². The minimum atomic E-state index is -0.0695. The molecule has 2 nitrogen and oxygen atoms in total. The monoisotopic (exact) mass is 234 g/mol. The van der Waals surface area contributed by atoms with Crippen molar-refractivity contribution >= 4 is 5.97 Å². The van der Waals surface area contributed by atoms with Gasteiger partial charge in [-0.3, -0.25) is 0 Å². The van der Waals surface area contributed by atoms with E-state index in [0.29, 0.717) is 5.41 Å². The molecule has 0 N–H and O–H groups in total. The highest BCUT2D eigenvalue weighted by Gasteiger charge is 2.50. The predicted molar refractivity (Wildman–Crippen MR) is 66.4 cm³/mol. The fourth-order valence-electron chi connectivity index (χ4n) is 4.20. The molecule has 0 aromatic heterocycles. The lowest BCUT2D eigenvalue weighted by Gasteiger charge is -2.51. The zero-order chi connectivity index (χ0) is 12.2. The molecule has 2 saturated carbocycles. The number of esters is 1. The summed E-state index contributed by atoms with van der Waals surface area (Å²) in [5, 5.41) is 0. The van der Waals surface area contributed by atoms with E-state index in [1.54, 1.807) is 0 Å². The van der Waals surface area contributed by atoms with Gasteiger partial charge in [-0.1, -0.05) is 26.7 Å². The van der Waals surface area contributed by atoms with Gasteiger partial charge in [-0.2, -0.15) is 0 Å². The van der Waals surface area contributed by atoms with E-state index in [2.05, 4.69) is 13.8 Å². The SMILES string of the molecule is CC1=C2C[C@@]3(C)[C@H](CCC[C@H]3C)C[C@@H]2OC1=O. The second kappa shape index (κ2) is 3.60. The minimum Gasteiger partial charge on any atom is -0.454 e. The van der Waals surface area contributed by atoms with E-state index in [-0.39, 0.29) is 12.1 Å². The van der Waals surface area contributed by atoms with E-state index < -0.39 is 0 Å². The highest BCUT2D eigenvalue weighted by atomic mass is 16.5. The standard InChI is InChI=1S/C15H22O2/c1-9-5-4-6-11-7-13-12(8-15(9,11)3)10(2)14(16)17-13/h9,11,13H,4-8H2,1-3H3/t9-,11-,13+,15-/m1/s1. The fraction of sp³-hybridized carbons (Fsp3) is 0.800. The first kappa shape index (κ1) is 11.3. The van der Waals surface area contributed by atoms with Crippen molar-refractivity contribution in [1.29, 1.82) is 0 Å². The molecule has 0 spiro atoms.